The average Bonchev–Trinajstić information content (AvgIpc) is 2.85. The fraction of sp³-hybridized carbons (Fsp3) is 0.812. The lowest BCUT2D eigenvalue weighted by atomic mass is 9.78. The molecule has 0 saturated carbocycles. The van der Waals surface area contributed by atoms with Gasteiger partial charge in [-0.15, -0.1) is 0 Å². The minimum atomic E-state index is -0.219. The van der Waals surface area contributed by atoms with E-state index in [0.29, 0.717) is 54.6 Å². The molecule has 0 radical (unpaired) electrons. The minimum absolute atomic E-state index is 0.00426. The summed E-state index contributed by atoms with van der Waals surface area (Å²) in [5.74, 6) is 3.01. The van der Waals surface area contributed by atoms with Crippen molar-refractivity contribution in [2.45, 2.75) is 121 Å². The van der Waals surface area contributed by atoms with Crippen molar-refractivity contribution < 1.29 is 18.9 Å². The van der Waals surface area contributed by atoms with E-state index in [9.17, 15) is 0 Å². The summed E-state index contributed by atoms with van der Waals surface area (Å²) < 4.78 is 25.8. The van der Waals surface area contributed by atoms with E-state index in [2.05, 4.69) is 90.0 Å². The van der Waals surface area contributed by atoms with Crippen molar-refractivity contribution in [2.24, 2.45) is 35.5 Å². The van der Waals surface area contributed by atoms with Gasteiger partial charge >= 0.3 is 0 Å². The van der Waals surface area contributed by atoms with Gasteiger partial charge in [-0.25, -0.2) is 0 Å². The molecule has 0 N–H and O–H groups in total. The monoisotopic (exact) mass is 502 g/mol. The first-order valence-electron chi connectivity index (χ1n) is 14.4. The van der Waals surface area contributed by atoms with Gasteiger partial charge in [0, 0.05) is 17.8 Å². The molecule has 0 bridgehead atoms. The highest BCUT2D eigenvalue weighted by atomic mass is 16.7. The second-order valence-corrected chi connectivity index (χ2v) is 12.5. The van der Waals surface area contributed by atoms with E-state index in [0.717, 1.165) is 0 Å². The Morgan fingerprint density at radius 3 is 1.61 bits per heavy atom. The van der Waals surface area contributed by atoms with Gasteiger partial charge in [-0.1, -0.05) is 48.5 Å². The molecule has 4 nitrogen and oxygen atoms in total. The Labute approximate surface area is 221 Å². The topological polar surface area (TPSA) is 36.9 Å². The maximum Gasteiger partial charge on any atom is 0.160 e. The van der Waals surface area contributed by atoms with Gasteiger partial charge in [-0.05, 0) is 98.6 Å². The predicted molar refractivity (Wildman–Crippen MR) is 148 cm³/mol. The second kappa shape index (κ2) is 11.8. The summed E-state index contributed by atoms with van der Waals surface area (Å²) in [5.41, 5.74) is 8.44. The van der Waals surface area contributed by atoms with E-state index in [4.69, 9.17) is 18.9 Å². The van der Waals surface area contributed by atoms with E-state index < -0.39 is 0 Å². The summed E-state index contributed by atoms with van der Waals surface area (Å²) in [5, 5.41) is 0. The van der Waals surface area contributed by atoms with Crippen LogP contribution in [0.2, 0.25) is 0 Å². The number of ether oxygens (including phenoxy) is 4. The van der Waals surface area contributed by atoms with Gasteiger partial charge in [0.2, 0.25) is 0 Å². The van der Waals surface area contributed by atoms with E-state index in [1.165, 1.54) is 33.4 Å². The van der Waals surface area contributed by atoms with Crippen LogP contribution < -0.4 is 0 Å². The van der Waals surface area contributed by atoms with Crippen LogP contribution >= 0.6 is 0 Å². The van der Waals surface area contributed by atoms with Crippen LogP contribution in [0.1, 0.15) is 94.7 Å². The molecule has 2 saturated heterocycles. The number of hydrogen-bond donors (Lipinski definition) is 0. The lowest BCUT2D eigenvalue weighted by Crippen LogP contribution is -2.50. The number of benzene rings is 1. The maximum absolute atomic E-state index is 6.59. The molecule has 2 fully saturated rings. The van der Waals surface area contributed by atoms with Crippen LogP contribution in [0.15, 0.2) is 0 Å². The average molecular weight is 503 g/mol. The molecule has 3 rings (SSSR count). The van der Waals surface area contributed by atoms with Gasteiger partial charge in [0.25, 0.3) is 0 Å². The summed E-state index contributed by atoms with van der Waals surface area (Å²) in [4.78, 5) is 0. The summed E-state index contributed by atoms with van der Waals surface area (Å²) in [7, 11) is 0. The van der Waals surface area contributed by atoms with Crippen LogP contribution in [0.5, 0.6) is 0 Å². The Morgan fingerprint density at radius 1 is 0.583 bits per heavy atom. The summed E-state index contributed by atoms with van der Waals surface area (Å²) >= 11 is 0. The standard InChI is InChI=1S/C32H54O4/c1-16(30-24(9)18(3)17(2)19(4)25(30)10)14-33-32-27(12)21(6)23(8)29(36-32)15-34-31-26(11)20(5)22(7)28(13)35-31/h16,20-23,26-29,31-32H,14-15H2,1-13H3. The zero-order chi connectivity index (χ0) is 27.1. The molecule has 0 spiro atoms. The zero-order valence-corrected chi connectivity index (χ0v) is 25.4. The first-order chi connectivity index (χ1) is 16.8. The third-order valence-electron chi connectivity index (χ3n) is 10.6. The highest BCUT2D eigenvalue weighted by Crippen LogP contribution is 2.39. The molecule has 2 aliphatic heterocycles. The molecule has 1 aromatic rings. The quantitative estimate of drug-likeness (QED) is 0.384. The van der Waals surface area contributed by atoms with E-state index in [1.807, 2.05) is 0 Å². The molecule has 36 heavy (non-hydrogen) atoms. The van der Waals surface area contributed by atoms with Gasteiger partial charge in [0.1, 0.15) is 0 Å². The van der Waals surface area contributed by atoms with Gasteiger partial charge in [0.15, 0.2) is 12.6 Å². The Hall–Kier alpha value is -0.940. The second-order valence-electron chi connectivity index (χ2n) is 12.5. The molecule has 206 valence electrons. The Balaban J connectivity index is 1.66. The fourth-order valence-corrected chi connectivity index (χ4v) is 6.45. The largest absolute Gasteiger partial charge is 0.352 e. The van der Waals surface area contributed by atoms with E-state index in [-0.39, 0.29) is 24.8 Å². The summed E-state index contributed by atoms with van der Waals surface area (Å²) in [6.45, 7) is 30.6. The molecular formula is C32H54O4. The zero-order valence-electron chi connectivity index (χ0n) is 25.4. The highest BCUT2D eigenvalue weighted by Gasteiger charge is 2.42. The smallest absolute Gasteiger partial charge is 0.160 e. The molecule has 2 heterocycles. The number of hydrogen-bond acceptors (Lipinski definition) is 4. The van der Waals surface area contributed by atoms with Crippen molar-refractivity contribution in [1.82, 2.24) is 0 Å². The van der Waals surface area contributed by atoms with Crippen molar-refractivity contribution in [3.63, 3.8) is 0 Å². The summed E-state index contributed by atoms with van der Waals surface area (Å²) in [6.07, 6.45) is -0.175. The molecule has 1 aromatic carbocycles. The van der Waals surface area contributed by atoms with Crippen LogP contribution in [0, 0.1) is 70.1 Å². The molecule has 4 heteroatoms. The molecule has 0 amide bonds. The van der Waals surface area contributed by atoms with Crippen molar-refractivity contribution in [3.8, 4) is 0 Å². The van der Waals surface area contributed by atoms with E-state index in [1.54, 1.807) is 0 Å². The van der Waals surface area contributed by atoms with Crippen LogP contribution in [-0.2, 0) is 18.9 Å². The van der Waals surface area contributed by atoms with Gasteiger partial charge in [-0.3, -0.25) is 0 Å². The Bertz CT molecular complexity index is 866. The normalized spacial score (nSPS) is 38.2. The Morgan fingerprint density at radius 2 is 1.06 bits per heavy atom. The van der Waals surface area contributed by atoms with Crippen LogP contribution in [0.25, 0.3) is 0 Å². The molecular weight excluding hydrogens is 448 g/mol. The maximum atomic E-state index is 6.59. The highest BCUT2D eigenvalue weighted by molar-refractivity contribution is 5.50. The molecule has 2 aliphatic rings. The van der Waals surface area contributed by atoms with Gasteiger partial charge in [-0.2, -0.15) is 0 Å². The van der Waals surface area contributed by atoms with Crippen LogP contribution in [-0.4, -0.2) is 38.0 Å². The van der Waals surface area contributed by atoms with Crippen LogP contribution in [0.4, 0.5) is 0 Å². The fourth-order valence-electron chi connectivity index (χ4n) is 6.45. The summed E-state index contributed by atoms with van der Waals surface area (Å²) in [6, 6.07) is 0. The Kier molecular flexibility index (Phi) is 9.74. The molecule has 11 atom stereocenters. The van der Waals surface area contributed by atoms with Gasteiger partial charge < -0.3 is 18.9 Å². The third-order valence-corrected chi connectivity index (χ3v) is 10.6. The SMILES string of the molecule is Cc1c(C)c(C)c(C(C)COC2OC(COC3OC(C)C(C)C(C)C3C)C(C)C(C)C2C)c(C)c1C. The number of rotatable bonds is 7. The van der Waals surface area contributed by atoms with Crippen molar-refractivity contribution in [2.75, 3.05) is 13.2 Å². The molecule has 11 unspecified atom stereocenters. The van der Waals surface area contributed by atoms with Gasteiger partial charge in [0.05, 0.1) is 25.4 Å². The van der Waals surface area contributed by atoms with Crippen molar-refractivity contribution >= 4 is 0 Å². The first kappa shape index (κ1) is 29.6. The predicted octanol–water partition coefficient (Wildman–Crippen LogP) is 7.65. The van der Waals surface area contributed by atoms with Crippen LogP contribution in [0.3, 0.4) is 0 Å². The lowest BCUT2D eigenvalue weighted by Gasteiger charge is -2.45. The van der Waals surface area contributed by atoms with E-state index >= 15 is 0 Å². The third kappa shape index (κ3) is 5.72. The first-order valence-corrected chi connectivity index (χ1v) is 14.4. The molecule has 0 aromatic heterocycles. The lowest BCUT2D eigenvalue weighted by molar-refractivity contribution is -0.288. The molecule has 0 aliphatic carbocycles. The van der Waals surface area contributed by atoms with Crippen molar-refractivity contribution in [3.05, 3.63) is 33.4 Å². The van der Waals surface area contributed by atoms with Crippen molar-refractivity contribution in [1.29, 1.82) is 0 Å². The minimum Gasteiger partial charge on any atom is -0.352 e.